The zero-order chi connectivity index (χ0) is 20.1. The van der Waals surface area contributed by atoms with Gasteiger partial charge in [-0.25, -0.2) is 0 Å². The number of aliphatic imine (C=N–C) groups is 1. The molecule has 2 heterocycles. The highest BCUT2D eigenvalue weighted by Gasteiger charge is 2.15. The number of hydrogen-bond donors (Lipinski definition) is 1. The molecule has 4 rings (SSSR count). The number of aromatic nitrogens is 3. The Morgan fingerprint density at radius 1 is 1.10 bits per heavy atom. The maximum absolute atomic E-state index is 10.2. The van der Waals surface area contributed by atoms with Crippen molar-refractivity contribution in [3.63, 3.8) is 0 Å². The lowest BCUT2D eigenvalue weighted by Gasteiger charge is -2.07. The van der Waals surface area contributed by atoms with Gasteiger partial charge in [-0.15, -0.1) is 10.2 Å². The Kier molecular flexibility index (Phi) is 5.89. The van der Waals surface area contributed by atoms with Gasteiger partial charge in [-0.3, -0.25) is 4.99 Å². The lowest BCUT2D eigenvalue weighted by Crippen LogP contribution is -2.02. The van der Waals surface area contributed by atoms with E-state index >= 15 is 0 Å². The van der Waals surface area contributed by atoms with Gasteiger partial charge < -0.3 is 14.4 Å². The first-order chi connectivity index (χ1) is 14.2. The zero-order valence-electron chi connectivity index (χ0n) is 16.7. The Morgan fingerprint density at radius 3 is 2.76 bits per heavy atom. The van der Waals surface area contributed by atoms with E-state index in [0.29, 0.717) is 17.9 Å². The molecular weight excluding hydrogens is 364 g/mol. The van der Waals surface area contributed by atoms with Crippen LogP contribution in [0.4, 0.5) is 5.69 Å². The first-order valence-corrected chi connectivity index (χ1v) is 10.3. The third-order valence-corrected chi connectivity index (χ3v) is 5.06. The van der Waals surface area contributed by atoms with Crippen LogP contribution in [-0.2, 0) is 13.0 Å². The minimum Gasteiger partial charge on any atom is -0.507 e. The normalized spacial score (nSPS) is 14.0. The highest BCUT2D eigenvalue weighted by Crippen LogP contribution is 2.26. The number of ether oxygens (including phenoxy) is 1. The monoisotopic (exact) mass is 390 g/mol. The minimum atomic E-state index is 0.158. The number of nitrogens with zero attached hydrogens (tertiary/aromatic N) is 4. The van der Waals surface area contributed by atoms with Crippen LogP contribution < -0.4 is 4.74 Å². The summed E-state index contributed by atoms with van der Waals surface area (Å²) < 4.78 is 7.77. The second-order valence-electron chi connectivity index (χ2n) is 7.28. The van der Waals surface area contributed by atoms with Gasteiger partial charge in [0.25, 0.3) is 0 Å². The van der Waals surface area contributed by atoms with Crippen molar-refractivity contribution in [1.82, 2.24) is 14.8 Å². The quantitative estimate of drug-likeness (QED) is 0.607. The van der Waals surface area contributed by atoms with Crippen molar-refractivity contribution in [2.45, 2.75) is 45.6 Å². The molecule has 0 bridgehead atoms. The second-order valence-corrected chi connectivity index (χ2v) is 7.28. The number of aryl methyl sites for hydroxylation is 1. The van der Waals surface area contributed by atoms with Crippen LogP contribution in [0.2, 0.25) is 0 Å². The Bertz CT molecular complexity index is 993. The minimum absolute atomic E-state index is 0.158. The summed E-state index contributed by atoms with van der Waals surface area (Å²) in [6, 6.07) is 13.2. The molecule has 0 spiro atoms. The summed E-state index contributed by atoms with van der Waals surface area (Å²) >= 11 is 0. The Labute approximate surface area is 170 Å². The molecular formula is C23H26N4O2. The molecule has 6 heteroatoms. The molecule has 0 aliphatic carbocycles. The highest BCUT2D eigenvalue weighted by molar-refractivity contribution is 5.85. The lowest BCUT2D eigenvalue weighted by molar-refractivity contribution is 0.315. The Balaban J connectivity index is 1.48. The number of aromatic hydroxyl groups is 1. The summed E-state index contributed by atoms with van der Waals surface area (Å²) in [6.45, 7) is 3.66. The van der Waals surface area contributed by atoms with E-state index in [4.69, 9.17) is 4.74 Å². The second kappa shape index (κ2) is 8.90. The molecule has 1 aliphatic heterocycles. The molecule has 2 aromatic carbocycles. The van der Waals surface area contributed by atoms with Gasteiger partial charge in [0.1, 0.15) is 17.3 Å². The number of hydrogen-bond acceptors (Lipinski definition) is 5. The first-order valence-electron chi connectivity index (χ1n) is 10.3. The van der Waals surface area contributed by atoms with E-state index in [9.17, 15) is 5.11 Å². The fraction of sp³-hybridized carbons (Fsp3) is 0.348. The summed E-state index contributed by atoms with van der Waals surface area (Å²) in [4.78, 5) is 4.49. The van der Waals surface area contributed by atoms with Crippen LogP contribution in [0.25, 0.3) is 11.4 Å². The largest absolute Gasteiger partial charge is 0.507 e. The summed E-state index contributed by atoms with van der Waals surface area (Å²) in [5.41, 5.74) is 2.51. The molecule has 0 unspecified atom stereocenters. The van der Waals surface area contributed by atoms with Crippen molar-refractivity contribution in [3.05, 3.63) is 53.9 Å². The third kappa shape index (κ3) is 4.47. The van der Waals surface area contributed by atoms with Gasteiger partial charge in [-0.2, -0.15) is 0 Å². The molecule has 0 saturated heterocycles. The van der Waals surface area contributed by atoms with E-state index in [0.717, 1.165) is 42.3 Å². The van der Waals surface area contributed by atoms with Gasteiger partial charge >= 0.3 is 0 Å². The van der Waals surface area contributed by atoms with Crippen LogP contribution in [0.15, 0.2) is 47.5 Å². The maximum atomic E-state index is 10.2. The molecule has 1 aliphatic rings. The zero-order valence-corrected chi connectivity index (χ0v) is 16.7. The number of benzene rings is 2. The van der Waals surface area contributed by atoms with Gasteiger partial charge in [0, 0.05) is 36.4 Å². The number of rotatable bonds is 6. The Morgan fingerprint density at radius 2 is 1.97 bits per heavy atom. The van der Waals surface area contributed by atoms with Gasteiger partial charge in [-0.05, 0) is 55.7 Å². The molecule has 0 radical (unpaired) electrons. The van der Waals surface area contributed by atoms with Gasteiger partial charge in [-0.1, -0.05) is 13.3 Å². The van der Waals surface area contributed by atoms with E-state index in [-0.39, 0.29) is 5.75 Å². The van der Waals surface area contributed by atoms with E-state index in [1.165, 1.54) is 19.3 Å². The van der Waals surface area contributed by atoms with Crippen LogP contribution in [0.5, 0.6) is 11.5 Å². The summed E-state index contributed by atoms with van der Waals surface area (Å²) in [5, 5.41) is 19.0. The molecule has 0 fully saturated rings. The number of phenols is 1. The average Bonchev–Trinajstić information content (AvgIpc) is 3.00. The van der Waals surface area contributed by atoms with Gasteiger partial charge in [0.05, 0.1) is 12.3 Å². The summed E-state index contributed by atoms with van der Waals surface area (Å²) in [7, 11) is 0. The van der Waals surface area contributed by atoms with Crippen LogP contribution in [0.1, 0.15) is 44.0 Å². The third-order valence-electron chi connectivity index (χ3n) is 5.06. The standard InChI is InChI=1S/C23H26N4O2/c1-2-14-29-20-12-9-18(21(28)15-20)16-24-19-10-7-17(8-11-19)23-26-25-22-6-4-3-5-13-27(22)23/h7-12,15-16,28H,2-6,13-14H2,1H3. The molecule has 29 heavy (non-hydrogen) atoms. The average molecular weight is 390 g/mol. The van der Waals surface area contributed by atoms with Crippen molar-refractivity contribution in [2.75, 3.05) is 6.61 Å². The smallest absolute Gasteiger partial charge is 0.163 e. The number of phenolic OH excluding ortho intramolecular Hbond substituents is 1. The van der Waals surface area contributed by atoms with Crippen LogP contribution in [0, 0.1) is 0 Å². The maximum Gasteiger partial charge on any atom is 0.163 e. The lowest BCUT2D eigenvalue weighted by atomic mass is 10.2. The fourth-order valence-corrected chi connectivity index (χ4v) is 3.48. The van der Waals surface area contributed by atoms with E-state index in [1.54, 1.807) is 12.3 Å². The predicted octanol–water partition coefficient (Wildman–Crippen LogP) is 4.92. The molecule has 6 nitrogen and oxygen atoms in total. The van der Waals surface area contributed by atoms with Crippen molar-refractivity contribution >= 4 is 11.9 Å². The fourth-order valence-electron chi connectivity index (χ4n) is 3.48. The predicted molar refractivity (Wildman–Crippen MR) is 114 cm³/mol. The van der Waals surface area contributed by atoms with Crippen molar-refractivity contribution < 1.29 is 9.84 Å². The molecule has 0 saturated carbocycles. The molecule has 0 atom stereocenters. The number of fused-ring (bicyclic) bond motifs is 1. The van der Waals surface area contributed by atoms with Crippen molar-refractivity contribution in [2.24, 2.45) is 4.99 Å². The van der Waals surface area contributed by atoms with E-state index in [1.807, 2.05) is 43.3 Å². The van der Waals surface area contributed by atoms with E-state index < -0.39 is 0 Å². The Hall–Kier alpha value is -3.15. The molecule has 1 aromatic heterocycles. The van der Waals surface area contributed by atoms with Crippen LogP contribution in [-0.4, -0.2) is 32.7 Å². The molecule has 3 aromatic rings. The first kappa shape index (κ1) is 19.2. The summed E-state index contributed by atoms with van der Waals surface area (Å²) in [5.74, 6) is 2.84. The molecule has 1 N–H and O–H groups in total. The van der Waals surface area contributed by atoms with Crippen LogP contribution >= 0.6 is 0 Å². The summed E-state index contributed by atoms with van der Waals surface area (Å²) in [6.07, 6.45) is 7.20. The van der Waals surface area contributed by atoms with Crippen LogP contribution in [0.3, 0.4) is 0 Å². The van der Waals surface area contributed by atoms with Gasteiger partial charge in [0.15, 0.2) is 5.82 Å². The van der Waals surface area contributed by atoms with Gasteiger partial charge in [0.2, 0.25) is 0 Å². The van der Waals surface area contributed by atoms with Crippen molar-refractivity contribution in [3.8, 4) is 22.9 Å². The van der Waals surface area contributed by atoms with E-state index in [2.05, 4.69) is 19.8 Å². The van der Waals surface area contributed by atoms with Crippen molar-refractivity contribution in [1.29, 1.82) is 0 Å². The molecule has 150 valence electrons. The molecule has 0 amide bonds. The highest BCUT2D eigenvalue weighted by atomic mass is 16.5. The topological polar surface area (TPSA) is 72.5 Å². The SMILES string of the molecule is CCCOc1ccc(C=Nc2ccc(-c3nnc4n3CCCCC4)cc2)c(O)c1.